The first-order valence-electron chi connectivity index (χ1n) is 3.99. The lowest BCUT2D eigenvalue weighted by Crippen LogP contribution is -2.04. The summed E-state index contributed by atoms with van der Waals surface area (Å²) in [5, 5.41) is 2.82. The van der Waals surface area contributed by atoms with E-state index in [-0.39, 0.29) is 0 Å². The van der Waals surface area contributed by atoms with Gasteiger partial charge in [-0.15, -0.1) is 11.3 Å². The maximum absolute atomic E-state index is 5.41. The van der Waals surface area contributed by atoms with Crippen LogP contribution in [0, 0.1) is 5.92 Å². The lowest BCUT2D eigenvalue weighted by Gasteiger charge is -2.04. The summed E-state index contributed by atoms with van der Waals surface area (Å²) in [4.78, 5) is 4.17. The number of nitrogens with zero attached hydrogens (tertiary/aromatic N) is 1. The number of rotatable bonds is 4. The Labute approximate surface area is 76.6 Å². The van der Waals surface area contributed by atoms with Gasteiger partial charge in [0.2, 0.25) is 5.88 Å². The van der Waals surface area contributed by atoms with Crippen molar-refractivity contribution in [2.45, 2.75) is 20.4 Å². The fraction of sp³-hybridized carbons (Fsp3) is 0.625. The van der Waals surface area contributed by atoms with Crippen molar-refractivity contribution in [2.75, 3.05) is 6.61 Å². The molecule has 2 N–H and O–H groups in total. The lowest BCUT2D eigenvalue weighted by molar-refractivity contribution is 0.262. The van der Waals surface area contributed by atoms with Crippen LogP contribution in [-0.4, -0.2) is 11.6 Å². The van der Waals surface area contributed by atoms with Gasteiger partial charge in [0.05, 0.1) is 12.0 Å². The summed E-state index contributed by atoms with van der Waals surface area (Å²) in [5.74, 6) is 1.24. The molecular formula is C8H14N2OS. The molecule has 0 unspecified atom stereocenters. The van der Waals surface area contributed by atoms with Crippen molar-refractivity contribution in [1.82, 2.24) is 4.98 Å². The molecule has 0 radical (unpaired) electrons. The Balaban J connectivity index is 2.41. The van der Waals surface area contributed by atoms with E-state index < -0.39 is 0 Å². The van der Waals surface area contributed by atoms with Gasteiger partial charge in [0.1, 0.15) is 5.01 Å². The van der Waals surface area contributed by atoms with Crippen LogP contribution >= 0.6 is 11.3 Å². The Bertz CT molecular complexity index is 235. The summed E-state index contributed by atoms with van der Waals surface area (Å²) in [6, 6.07) is 0. The second-order valence-electron chi connectivity index (χ2n) is 2.99. The average molecular weight is 186 g/mol. The smallest absolute Gasteiger partial charge is 0.224 e. The average Bonchev–Trinajstić information content (AvgIpc) is 2.48. The third-order valence-electron chi connectivity index (χ3n) is 1.27. The summed E-state index contributed by atoms with van der Waals surface area (Å²) in [7, 11) is 0. The molecule has 1 aromatic heterocycles. The Morgan fingerprint density at radius 2 is 2.42 bits per heavy atom. The van der Waals surface area contributed by atoms with Crippen molar-refractivity contribution in [1.29, 1.82) is 0 Å². The standard InChI is InChI=1S/C8H14N2OS/c1-6(2)4-11-7-5-12-8(3-9)10-7/h5-6H,3-4,9H2,1-2H3. The second-order valence-corrected chi connectivity index (χ2v) is 3.93. The lowest BCUT2D eigenvalue weighted by atomic mass is 10.2. The molecule has 0 aliphatic rings. The van der Waals surface area contributed by atoms with Gasteiger partial charge in [0, 0.05) is 6.54 Å². The molecule has 3 nitrogen and oxygen atoms in total. The van der Waals surface area contributed by atoms with Crippen molar-refractivity contribution in [3.05, 3.63) is 10.4 Å². The van der Waals surface area contributed by atoms with Crippen LogP contribution in [0.15, 0.2) is 5.38 Å². The Hall–Kier alpha value is -0.610. The topological polar surface area (TPSA) is 48.1 Å². The monoisotopic (exact) mass is 186 g/mol. The third-order valence-corrected chi connectivity index (χ3v) is 2.12. The molecule has 4 heteroatoms. The van der Waals surface area contributed by atoms with Gasteiger partial charge in [-0.3, -0.25) is 0 Å². The largest absolute Gasteiger partial charge is 0.477 e. The summed E-state index contributed by atoms with van der Waals surface area (Å²) < 4.78 is 5.39. The molecule has 0 saturated carbocycles. The third kappa shape index (κ3) is 2.79. The van der Waals surface area contributed by atoms with Crippen molar-refractivity contribution in [3.8, 4) is 5.88 Å². The molecule has 0 spiro atoms. The van der Waals surface area contributed by atoms with E-state index >= 15 is 0 Å². The Morgan fingerprint density at radius 1 is 1.67 bits per heavy atom. The minimum Gasteiger partial charge on any atom is -0.477 e. The highest BCUT2D eigenvalue weighted by Gasteiger charge is 2.01. The van der Waals surface area contributed by atoms with Gasteiger partial charge in [-0.05, 0) is 5.92 Å². The predicted octanol–water partition coefficient (Wildman–Crippen LogP) is 1.64. The molecule has 0 bridgehead atoms. The SMILES string of the molecule is CC(C)COc1csc(CN)n1. The minimum absolute atomic E-state index is 0.496. The van der Waals surface area contributed by atoms with Crippen molar-refractivity contribution in [2.24, 2.45) is 11.7 Å². The van der Waals surface area contributed by atoms with Gasteiger partial charge < -0.3 is 10.5 Å². The van der Waals surface area contributed by atoms with Gasteiger partial charge >= 0.3 is 0 Å². The maximum atomic E-state index is 5.41. The van der Waals surface area contributed by atoms with Crippen LogP contribution in [0.3, 0.4) is 0 Å². The summed E-state index contributed by atoms with van der Waals surface area (Å²) >= 11 is 1.54. The van der Waals surface area contributed by atoms with Crippen LogP contribution in [0.4, 0.5) is 0 Å². The van der Waals surface area contributed by atoms with Crippen LogP contribution in [0.1, 0.15) is 18.9 Å². The van der Waals surface area contributed by atoms with Crippen LogP contribution in [0.5, 0.6) is 5.88 Å². The van der Waals surface area contributed by atoms with Gasteiger partial charge in [0.15, 0.2) is 0 Å². The quantitative estimate of drug-likeness (QED) is 0.777. The highest BCUT2D eigenvalue weighted by atomic mass is 32.1. The molecule has 0 aliphatic heterocycles. The molecule has 1 aromatic rings. The zero-order valence-corrected chi connectivity index (χ0v) is 8.23. The highest BCUT2D eigenvalue weighted by molar-refractivity contribution is 7.09. The molecule has 1 heterocycles. The van der Waals surface area contributed by atoms with E-state index in [1.165, 1.54) is 0 Å². The first kappa shape index (κ1) is 9.48. The van der Waals surface area contributed by atoms with E-state index in [4.69, 9.17) is 10.5 Å². The van der Waals surface area contributed by atoms with Gasteiger partial charge in [0.25, 0.3) is 0 Å². The number of nitrogens with two attached hydrogens (primary N) is 1. The van der Waals surface area contributed by atoms with E-state index in [1.807, 2.05) is 5.38 Å². The summed E-state index contributed by atoms with van der Waals surface area (Å²) in [6.07, 6.45) is 0. The Morgan fingerprint density at radius 3 is 2.92 bits per heavy atom. The van der Waals surface area contributed by atoms with E-state index in [0.29, 0.717) is 24.9 Å². The molecular weight excluding hydrogens is 172 g/mol. The van der Waals surface area contributed by atoms with E-state index in [2.05, 4.69) is 18.8 Å². The van der Waals surface area contributed by atoms with E-state index in [0.717, 1.165) is 5.01 Å². The maximum Gasteiger partial charge on any atom is 0.224 e. The minimum atomic E-state index is 0.496. The second kappa shape index (κ2) is 4.42. The van der Waals surface area contributed by atoms with Gasteiger partial charge in [-0.25, -0.2) is 4.98 Å². The number of hydrogen-bond donors (Lipinski definition) is 1. The van der Waals surface area contributed by atoms with Gasteiger partial charge in [-0.2, -0.15) is 0 Å². The molecule has 0 fully saturated rings. The molecule has 0 atom stereocenters. The zero-order chi connectivity index (χ0) is 8.97. The molecule has 0 aliphatic carbocycles. The van der Waals surface area contributed by atoms with Crippen LogP contribution in [0.2, 0.25) is 0 Å². The van der Waals surface area contributed by atoms with Crippen molar-refractivity contribution < 1.29 is 4.74 Å². The number of ether oxygens (including phenoxy) is 1. The molecule has 0 amide bonds. The number of aromatic nitrogens is 1. The molecule has 0 aromatic carbocycles. The summed E-state index contributed by atoms with van der Waals surface area (Å²) in [6.45, 7) is 5.43. The first-order valence-corrected chi connectivity index (χ1v) is 4.87. The fourth-order valence-electron chi connectivity index (χ4n) is 0.706. The number of hydrogen-bond acceptors (Lipinski definition) is 4. The van der Waals surface area contributed by atoms with Crippen molar-refractivity contribution in [3.63, 3.8) is 0 Å². The summed E-state index contributed by atoms with van der Waals surface area (Å²) in [5.41, 5.74) is 5.41. The Kier molecular flexibility index (Phi) is 3.49. The van der Waals surface area contributed by atoms with E-state index in [1.54, 1.807) is 11.3 Å². The normalized spacial score (nSPS) is 10.7. The molecule has 12 heavy (non-hydrogen) atoms. The van der Waals surface area contributed by atoms with E-state index in [9.17, 15) is 0 Å². The predicted molar refractivity (Wildman–Crippen MR) is 50.3 cm³/mol. The molecule has 0 saturated heterocycles. The number of thiazole rings is 1. The fourth-order valence-corrected chi connectivity index (χ4v) is 1.30. The van der Waals surface area contributed by atoms with Gasteiger partial charge in [-0.1, -0.05) is 13.8 Å². The molecule has 68 valence electrons. The van der Waals surface area contributed by atoms with Crippen LogP contribution in [0.25, 0.3) is 0 Å². The zero-order valence-electron chi connectivity index (χ0n) is 7.41. The van der Waals surface area contributed by atoms with Crippen LogP contribution in [-0.2, 0) is 6.54 Å². The molecule has 1 rings (SSSR count). The van der Waals surface area contributed by atoms with Crippen molar-refractivity contribution >= 4 is 11.3 Å². The first-order chi connectivity index (χ1) is 5.72. The highest BCUT2D eigenvalue weighted by Crippen LogP contribution is 2.16. The van der Waals surface area contributed by atoms with Crippen LogP contribution < -0.4 is 10.5 Å².